The molecule has 0 radical (unpaired) electrons. The first kappa shape index (κ1) is 18.4. The Bertz CT molecular complexity index is 291. The predicted molar refractivity (Wildman–Crippen MR) is 103 cm³/mol. The largest absolute Gasteiger partial charge is 0.233 e. The highest BCUT2D eigenvalue weighted by molar-refractivity contribution is 8.74. The van der Waals surface area contributed by atoms with E-state index in [0.717, 1.165) is 25.2 Å². The molecule has 0 atom stereocenters. The molecule has 2 fully saturated rings. The van der Waals surface area contributed by atoms with Gasteiger partial charge in [-0.1, -0.05) is 50.7 Å². The summed E-state index contributed by atoms with van der Waals surface area (Å²) in [5.41, 5.74) is 0. The summed E-state index contributed by atoms with van der Waals surface area (Å²) in [7, 11) is 3.90. The third-order valence-corrected chi connectivity index (χ3v) is 7.50. The SMILES string of the molecule is C=CCN(SSN(CC=C)C1CCCCC1)C1CCCCC1. The van der Waals surface area contributed by atoms with Gasteiger partial charge in [-0.3, -0.25) is 0 Å². The van der Waals surface area contributed by atoms with Crippen molar-refractivity contribution in [2.24, 2.45) is 0 Å². The van der Waals surface area contributed by atoms with Crippen molar-refractivity contribution in [3.63, 3.8) is 0 Å². The van der Waals surface area contributed by atoms with E-state index in [1.807, 2.05) is 22.0 Å². The molecule has 0 amide bonds. The Kier molecular flexibility index (Phi) is 9.05. The van der Waals surface area contributed by atoms with Crippen molar-refractivity contribution in [3.05, 3.63) is 25.3 Å². The topological polar surface area (TPSA) is 6.48 Å². The van der Waals surface area contributed by atoms with E-state index in [0.29, 0.717) is 0 Å². The molecule has 0 unspecified atom stereocenters. The highest BCUT2D eigenvalue weighted by Crippen LogP contribution is 2.38. The number of hydrogen-bond donors (Lipinski definition) is 0. The van der Waals surface area contributed by atoms with Gasteiger partial charge < -0.3 is 0 Å². The van der Waals surface area contributed by atoms with Gasteiger partial charge in [0.25, 0.3) is 0 Å². The third-order valence-electron chi connectivity index (χ3n) is 4.81. The molecule has 0 aliphatic heterocycles. The quantitative estimate of drug-likeness (QED) is 0.295. The zero-order valence-electron chi connectivity index (χ0n) is 13.9. The normalized spacial score (nSPS) is 21.4. The minimum atomic E-state index is 0.737. The van der Waals surface area contributed by atoms with Crippen molar-refractivity contribution in [1.29, 1.82) is 0 Å². The van der Waals surface area contributed by atoms with Gasteiger partial charge in [0, 0.05) is 47.1 Å². The van der Waals surface area contributed by atoms with E-state index in [2.05, 4.69) is 33.9 Å². The van der Waals surface area contributed by atoms with Gasteiger partial charge in [0.1, 0.15) is 0 Å². The van der Waals surface area contributed by atoms with E-state index in [4.69, 9.17) is 0 Å². The van der Waals surface area contributed by atoms with E-state index in [1.54, 1.807) is 0 Å². The maximum Gasteiger partial charge on any atom is 0.0279 e. The second-order valence-corrected chi connectivity index (χ2v) is 8.64. The molecule has 2 nitrogen and oxygen atoms in total. The molecule has 0 aromatic carbocycles. The third kappa shape index (κ3) is 5.95. The highest BCUT2D eigenvalue weighted by Gasteiger charge is 2.25. The Hall–Kier alpha value is 0.100. The first-order chi connectivity index (χ1) is 10.8. The van der Waals surface area contributed by atoms with Crippen molar-refractivity contribution in [3.8, 4) is 0 Å². The van der Waals surface area contributed by atoms with Gasteiger partial charge >= 0.3 is 0 Å². The van der Waals surface area contributed by atoms with Gasteiger partial charge in [0.05, 0.1) is 0 Å². The molecule has 0 spiro atoms. The van der Waals surface area contributed by atoms with Crippen LogP contribution in [-0.4, -0.2) is 33.8 Å². The van der Waals surface area contributed by atoms with Crippen LogP contribution in [-0.2, 0) is 0 Å². The molecular formula is C18H32N2S2. The number of nitrogens with zero attached hydrogens (tertiary/aromatic N) is 2. The zero-order chi connectivity index (χ0) is 15.6. The molecular weight excluding hydrogens is 308 g/mol. The van der Waals surface area contributed by atoms with Gasteiger partial charge in [-0.25, -0.2) is 8.61 Å². The second-order valence-electron chi connectivity index (χ2n) is 6.51. The van der Waals surface area contributed by atoms with E-state index >= 15 is 0 Å². The second kappa shape index (κ2) is 10.8. The Labute approximate surface area is 145 Å². The molecule has 0 heterocycles. The summed E-state index contributed by atoms with van der Waals surface area (Å²) in [5, 5.41) is 0. The molecule has 0 aromatic rings. The van der Waals surface area contributed by atoms with Crippen LogP contribution < -0.4 is 0 Å². The van der Waals surface area contributed by atoms with Crippen LogP contribution in [0.3, 0.4) is 0 Å². The molecule has 2 aliphatic rings. The maximum absolute atomic E-state index is 3.95. The number of hydrogen-bond acceptors (Lipinski definition) is 4. The van der Waals surface area contributed by atoms with Crippen LogP contribution >= 0.6 is 22.0 Å². The lowest BCUT2D eigenvalue weighted by Gasteiger charge is -2.36. The molecule has 0 saturated heterocycles. The fourth-order valence-corrected chi connectivity index (χ4v) is 6.34. The number of rotatable bonds is 9. The van der Waals surface area contributed by atoms with Crippen LogP contribution in [0.5, 0.6) is 0 Å². The lowest BCUT2D eigenvalue weighted by molar-refractivity contribution is 0.286. The zero-order valence-corrected chi connectivity index (χ0v) is 15.6. The standard InChI is InChI=1S/C18H32N2S2/c1-3-15-19(17-11-7-5-8-12-17)21-22-20(16-4-2)18-13-9-6-10-14-18/h3-4,17-18H,1-2,5-16H2. The molecule has 0 bridgehead atoms. The first-order valence-electron chi connectivity index (χ1n) is 8.95. The molecule has 22 heavy (non-hydrogen) atoms. The molecule has 4 heteroatoms. The summed E-state index contributed by atoms with van der Waals surface area (Å²) in [6, 6.07) is 1.47. The van der Waals surface area contributed by atoms with Gasteiger partial charge in [-0.05, 0) is 25.7 Å². The molecule has 2 aliphatic carbocycles. The summed E-state index contributed by atoms with van der Waals surface area (Å²) >= 11 is 0. The van der Waals surface area contributed by atoms with Crippen molar-refractivity contribution >= 4 is 22.0 Å². The molecule has 126 valence electrons. The summed E-state index contributed by atoms with van der Waals surface area (Å²) in [6.45, 7) is 9.90. The van der Waals surface area contributed by atoms with Crippen molar-refractivity contribution in [2.75, 3.05) is 13.1 Å². The van der Waals surface area contributed by atoms with Crippen LogP contribution in [0, 0.1) is 0 Å². The maximum atomic E-state index is 3.95. The lowest BCUT2D eigenvalue weighted by Crippen LogP contribution is -2.34. The van der Waals surface area contributed by atoms with Crippen LogP contribution in [0.1, 0.15) is 64.2 Å². The van der Waals surface area contributed by atoms with E-state index in [-0.39, 0.29) is 0 Å². The Balaban J connectivity index is 1.86. The van der Waals surface area contributed by atoms with Crippen LogP contribution in [0.25, 0.3) is 0 Å². The minimum absolute atomic E-state index is 0.737. The van der Waals surface area contributed by atoms with E-state index in [1.165, 1.54) is 64.2 Å². The van der Waals surface area contributed by atoms with Crippen LogP contribution in [0.4, 0.5) is 0 Å². The molecule has 2 saturated carbocycles. The lowest BCUT2D eigenvalue weighted by atomic mass is 9.95. The van der Waals surface area contributed by atoms with Crippen LogP contribution in [0.2, 0.25) is 0 Å². The average Bonchev–Trinajstić information content (AvgIpc) is 2.59. The molecule has 0 aromatic heterocycles. The van der Waals surface area contributed by atoms with E-state index < -0.39 is 0 Å². The summed E-state index contributed by atoms with van der Waals surface area (Å²) < 4.78 is 5.13. The fourth-order valence-electron chi connectivity index (χ4n) is 3.56. The van der Waals surface area contributed by atoms with Crippen LogP contribution in [0.15, 0.2) is 25.3 Å². The van der Waals surface area contributed by atoms with Gasteiger partial charge in [0.15, 0.2) is 0 Å². The Morgan fingerprint density at radius 1 is 0.682 bits per heavy atom. The Morgan fingerprint density at radius 3 is 1.36 bits per heavy atom. The first-order valence-corrected chi connectivity index (χ1v) is 11.0. The average molecular weight is 341 g/mol. The summed E-state index contributed by atoms with van der Waals surface area (Å²) in [6.07, 6.45) is 17.9. The smallest absolute Gasteiger partial charge is 0.0279 e. The molecule has 2 rings (SSSR count). The van der Waals surface area contributed by atoms with Crippen molar-refractivity contribution in [1.82, 2.24) is 8.61 Å². The fraction of sp³-hybridized carbons (Fsp3) is 0.778. The van der Waals surface area contributed by atoms with Gasteiger partial charge in [0.2, 0.25) is 0 Å². The summed E-state index contributed by atoms with van der Waals surface area (Å²) in [4.78, 5) is 0. The van der Waals surface area contributed by atoms with Gasteiger partial charge in [-0.2, -0.15) is 0 Å². The molecule has 0 N–H and O–H groups in total. The predicted octanol–water partition coefficient (Wildman–Crippen LogP) is 5.84. The highest BCUT2D eigenvalue weighted by atomic mass is 33.1. The van der Waals surface area contributed by atoms with Crippen molar-refractivity contribution in [2.45, 2.75) is 76.3 Å². The van der Waals surface area contributed by atoms with Crippen molar-refractivity contribution < 1.29 is 0 Å². The van der Waals surface area contributed by atoms with E-state index in [9.17, 15) is 0 Å². The minimum Gasteiger partial charge on any atom is -0.233 e. The summed E-state index contributed by atoms with van der Waals surface area (Å²) in [5.74, 6) is 0. The van der Waals surface area contributed by atoms with Gasteiger partial charge in [-0.15, -0.1) is 13.2 Å². The Morgan fingerprint density at radius 2 is 1.05 bits per heavy atom. The monoisotopic (exact) mass is 340 g/mol.